The van der Waals surface area contributed by atoms with Gasteiger partial charge >= 0.3 is 5.72 Å². The van der Waals surface area contributed by atoms with Gasteiger partial charge in [0.05, 0.1) is 23.0 Å². The maximum atomic E-state index is 13.3. The van der Waals surface area contributed by atoms with Gasteiger partial charge in [0, 0.05) is 17.0 Å². The summed E-state index contributed by atoms with van der Waals surface area (Å²) in [7, 11) is 0. The number of hydrogen-bond acceptors (Lipinski definition) is 4. The number of nitrogens with zero attached hydrogens (tertiary/aromatic N) is 2. The Morgan fingerprint density at radius 3 is 2.72 bits per heavy atom. The van der Waals surface area contributed by atoms with Crippen molar-refractivity contribution in [2.75, 3.05) is 5.32 Å². The van der Waals surface area contributed by atoms with Crippen LogP contribution in [0, 0.1) is 0 Å². The predicted octanol–water partition coefficient (Wildman–Crippen LogP) is 4.69. The van der Waals surface area contributed by atoms with Crippen LogP contribution in [-0.2, 0) is 10.5 Å². The van der Waals surface area contributed by atoms with E-state index in [0.717, 1.165) is 16.8 Å². The minimum absolute atomic E-state index is 0.106. The number of ether oxygens (including phenoxy) is 1. The molecule has 0 radical (unpaired) electrons. The van der Waals surface area contributed by atoms with Crippen molar-refractivity contribution in [2.24, 2.45) is 5.10 Å². The van der Waals surface area contributed by atoms with Crippen LogP contribution in [0.15, 0.2) is 77.9 Å². The number of rotatable bonds is 1. The SMILES string of the molecule is O=C1Nc2ccc(Cl)cc2[C@]12Oc1ccccc1[C@@H]1CC(c3ccccc3)=NN12. The molecule has 0 saturated carbocycles. The quantitative estimate of drug-likeness (QED) is 0.643. The van der Waals surface area contributed by atoms with Crippen molar-refractivity contribution >= 4 is 28.9 Å². The number of hydrogen-bond donors (Lipinski definition) is 1. The number of benzene rings is 3. The van der Waals surface area contributed by atoms with E-state index in [4.69, 9.17) is 21.4 Å². The monoisotopic (exact) mass is 401 g/mol. The molecule has 6 rings (SSSR count). The second kappa shape index (κ2) is 5.84. The Morgan fingerprint density at radius 1 is 1.07 bits per heavy atom. The van der Waals surface area contributed by atoms with Crippen LogP contribution in [0.1, 0.15) is 29.2 Å². The van der Waals surface area contributed by atoms with E-state index in [1.54, 1.807) is 18.2 Å². The van der Waals surface area contributed by atoms with Crippen molar-refractivity contribution in [2.45, 2.75) is 18.2 Å². The molecule has 5 nitrogen and oxygen atoms in total. The highest BCUT2D eigenvalue weighted by Gasteiger charge is 2.60. The number of carbonyl (C=O) groups is 1. The Kier molecular flexibility index (Phi) is 3.35. The van der Waals surface area contributed by atoms with E-state index in [-0.39, 0.29) is 11.9 Å². The average molecular weight is 402 g/mol. The van der Waals surface area contributed by atoms with E-state index in [9.17, 15) is 4.79 Å². The van der Waals surface area contributed by atoms with Gasteiger partial charge in [-0.1, -0.05) is 60.1 Å². The molecule has 3 aliphatic heterocycles. The van der Waals surface area contributed by atoms with Crippen molar-refractivity contribution in [1.82, 2.24) is 5.01 Å². The molecule has 0 aromatic heterocycles. The number of para-hydroxylation sites is 1. The predicted molar refractivity (Wildman–Crippen MR) is 111 cm³/mol. The largest absolute Gasteiger partial charge is 0.453 e. The maximum Gasteiger partial charge on any atom is 0.306 e. The lowest BCUT2D eigenvalue weighted by Gasteiger charge is -2.44. The number of fused-ring (bicyclic) bond motifs is 6. The summed E-state index contributed by atoms with van der Waals surface area (Å²) in [5, 5.41) is 10.2. The normalized spacial score (nSPS) is 23.8. The minimum atomic E-state index is -1.38. The van der Waals surface area contributed by atoms with E-state index in [2.05, 4.69) is 5.32 Å². The summed E-state index contributed by atoms with van der Waals surface area (Å²) in [5.74, 6) is 0.438. The Hall–Kier alpha value is -3.31. The van der Waals surface area contributed by atoms with Crippen molar-refractivity contribution in [3.05, 3.63) is 94.5 Å². The molecule has 1 N–H and O–H groups in total. The number of carbonyl (C=O) groups excluding carboxylic acids is 1. The highest BCUT2D eigenvalue weighted by atomic mass is 35.5. The molecule has 142 valence electrons. The molecule has 1 spiro atoms. The van der Waals surface area contributed by atoms with E-state index in [0.29, 0.717) is 28.4 Å². The van der Waals surface area contributed by atoms with Gasteiger partial charge in [-0.05, 0) is 29.8 Å². The van der Waals surface area contributed by atoms with E-state index < -0.39 is 5.72 Å². The number of amides is 1. The zero-order valence-corrected chi connectivity index (χ0v) is 16.1. The van der Waals surface area contributed by atoms with E-state index >= 15 is 0 Å². The smallest absolute Gasteiger partial charge is 0.306 e. The van der Waals surface area contributed by atoms with Gasteiger partial charge in [-0.15, -0.1) is 0 Å². The third kappa shape index (κ3) is 2.22. The molecular weight excluding hydrogens is 386 g/mol. The Bertz CT molecular complexity index is 1190. The highest BCUT2D eigenvalue weighted by molar-refractivity contribution is 6.31. The third-order valence-corrected chi connectivity index (χ3v) is 6.01. The van der Waals surface area contributed by atoms with E-state index in [1.165, 1.54) is 0 Å². The molecule has 2 atom stereocenters. The van der Waals surface area contributed by atoms with Gasteiger partial charge in [0.1, 0.15) is 5.75 Å². The number of anilines is 1. The summed E-state index contributed by atoms with van der Waals surface area (Å²) >= 11 is 6.29. The van der Waals surface area contributed by atoms with Crippen molar-refractivity contribution in [1.29, 1.82) is 0 Å². The molecule has 1 amide bonds. The highest BCUT2D eigenvalue weighted by Crippen LogP contribution is 2.54. The number of halogens is 1. The molecule has 0 saturated heterocycles. The molecule has 0 aliphatic carbocycles. The molecule has 0 fully saturated rings. The van der Waals surface area contributed by atoms with Crippen LogP contribution in [0.3, 0.4) is 0 Å². The summed E-state index contributed by atoms with van der Waals surface area (Å²) in [4.78, 5) is 13.3. The topological polar surface area (TPSA) is 53.9 Å². The first-order valence-corrected chi connectivity index (χ1v) is 9.86. The van der Waals surface area contributed by atoms with Crippen molar-refractivity contribution < 1.29 is 9.53 Å². The lowest BCUT2D eigenvalue weighted by atomic mass is 9.92. The van der Waals surface area contributed by atoms with Gasteiger partial charge in [0.15, 0.2) is 0 Å². The molecule has 3 aliphatic rings. The van der Waals surface area contributed by atoms with Gasteiger partial charge < -0.3 is 10.1 Å². The van der Waals surface area contributed by atoms with Crippen LogP contribution in [0.4, 0.5) is 5.69 Å². The fourth-order valence-electron chi connectivity index (χ4n) is 4.47. The summed E-state index contributed by atoms with van der Waals surface area (Å²) < 4.78 is 6.42. The first-order valence-electron chi connectivity index (χ1n) is 9.48. The van der Waals surface area contributed by atoms with Gasteiger partial charge in [0.2, 0.25) is 0 Å². The summed E-state index contributed by atoms with van der Waals surface area (Å²) in [6.07, 6.45) is 0.690. The lowest BCUT2D eigenvalue weighted by Crippen LogP contribution is -2.55. The van der Waals surface area contributed by atoms with Crippen molar-refractivity contribution in [3.8, 4) is 5.75 Å². The van der Waals surface area contributed by atoms with Gasteiger partial charge in [-0.3, -0.25) is 4.79 Å². The molecule has 3 aromatic rings. The van der Waals surface area contributed by atoms with Gasteiger partial charge in [-0.25, -0.2) is 5.01 Å². The molecule has 0 unspecified atom stereocenters. The summed E-state index contributed by atoms with van der Waals surface area (Å²) in [5.41, 5.74) is 3.00. The lowest BCUT2D eigenvalue weighted by molar-refractivity contribution is -0.161. The zero-order valence-electron chi connectivity index (χ0n) is 15.3. The molecule has 6 heteroatoms. The molecule has 29 heavy (non-hydrogen) atoms. The fourth-order valence-corrected chi connectivity index (χ4v) is 4.64. The minimum Gasteiger partial charge on any atom is -0.453 e. The second-order valence-electron chi connectivity index (χ2n) is 7.41. The summed E-state index contributed by atoms with van der Waals surface area (Å²) in [6, 6.07) is 23.1. The van der Waals surface area contributed by atoms with Crippen LogP contribution in [0.2, 0.25) is 5.02 Å². The fraction of sp³-hybridized carbons (Fsp3) is 0.130. The van der Waals surface area contributed by atoms with Crippen LogP contribution in [0.25, 0.3) is 0 Å². The van der Waals surface area contributed by atoms with Crippen LogP contribution in [-0.4, -0.2) is 16.6 Å². The second-order valence-corrected chi connectivity index (χ2v) is 7.84. The standard InChI is InChI=1S/C23H16ClN3O2/c24-15-10-11-18-17(12-15)23(22(28)25-18)27-20(16-8-4-5-9-21(16)29-23)13-19(26-27)14-6-2-1-3-7-14/h1-12,20H,13H2,(H,25,28)/t20-,23-/m0/s1. The van der Waals surface area contributed by atoms with Crippen LogP contribution in [0.5, 0.6) is 5.75 Å². The molecular formula is C23H16ClN3O2. The number of nitrogens with one attached hydrogen (secondary N) is 1. The van der Waals surface area contributed by atoms with E-state index in [1.807, 2.05) is 59.6 Å². The first-order chi connectivity index (χ1) is 14.2. The first kappa shape index (κ1) is 16.6. The van der Waals surface area contributed by atoms with Gasteiger partial charge in [0.25, 0.3) is 5.91 Å². The van der Waals surface area contributed by atoms with Crippen LogP contribution >= 0.6 is 11.6 Å². The Labute approximate surface area is 172 Å². The molecule has 0 bridgehead atoms. The number of hydrazone groups is 1. The van der Waals surface area contributed by atoms with Crippen LogP contribution < -0.4 is 10.1 Å². The van der Waals surface area contributed by atoms with Gasteiger partial charge in [-0.2, -0.15) is 5.10 Å². The Balaban J connectivity index is 1.59. The Morgan fingerprint density at radius 2 is 1.86 bits per heavy atom. The average Bonchev–Trinajstić information content (AvgIpc) is 3.31. The zero-order chi connectivity index (χ0) is 19.6. The van der Waals surface area contributed by atoms with Crippen molar-refractivity contribution in [3.63, 3.8) is 0 Å². The maximum absolute atomic E-state index is 13.3. The third-order valence-electron chi connectivity index (χ3n) is 5.78. The summed E-state index contributed by atoms with van der Waals surface area (Å²) in [6.45, 7) is 0. The molecule has 3 heterocycles. The molecule has 3 aromatic carbocycles.